The van der Waals surface area contributed by atoms with Crippen molar-refractivity contribution < 1.29 is 27.1 Å². The van der Waals surface area contributed by atoms with Crippen molar-refractivity contribution in [3.63, 3.8) is 0 Å². The highest BCUT2D eigenvalue weighted by Gasteiger charge is 2.20. The second kappa shape index (κ2) is 11.7. The van der Waals surface area contributed by atoms with Gasteiger partial charge in [-0.05, 0) is 60.7 Å². The number of hydrogen-bond acceptors (Lipinski definition) is 6. The molecule has 0 unspecified atom stereocenters. The van der Waals surface area contributed by atoms with Gasteiger partial charge in [0.25, 0.3) is 0 Å². The van der Waals surface area contributed by atoms with E-state index in [1.165, 1.54) is 6.20 Å². The topological polar surface area (TPSA) is 104 Å². The number of carbonyl (C=O) groups is 1. The third-order valence-electron chi connectivity index (χ3n) is 6.12. The van der Waals surface area contributed by atoms with E-state index < -0.39 is 11.9 Å². The average Bonchev–Trinajstić information content (AvgIpc) is 3.57. The molecule has 4 heterocycles. The van der Waals surface area contributed by atoms with Crippen molar-refractivity contribution in [3.05, 3.63) is 52.6 Å². The minimum absolute atomic E-state index is 0.0687. The molecule has 0 aliphatic carbocycles. The van der Waals surface area contributed by atoms with Gasteiger partial charge in [0.1, 0.15) is 11.5 Å². The van der Waals surface area contributed by atoms with Crippen molar-refractivity contribution in [2.75, 3.05) is 49.6 Å². The molecule has 2 saturated heterocycles. The zero-order valence-corrected chi connectivity index (χ0v) is 21.2. The van der Waals surface area contributed by atoms with E-state index in [1.54, 1.807) is 0 Å². The van der Waals surface area contributed by atoms with Crippen LogP contribution in [0.2, 0.25) is 0 Å². The van der Waals surface area contributed by atoms with Crippen molar-refractivity contribution >= 4 is 17.5 Å². The normalized spacial score (nSPS) is 15.7. The second-order valence-corrected chi connectivity index (χ2v) is 9.18. The molecule has 0 radical (unpaired) electrons. The Morgan fingerprint density at radius 3 is 2.39 bits per heavy atom. The van der Waals surface area contributed by atoms with Gasteiger partial charge in [-0.2, -0.15) is 13.2 Å². The number of morpholine rings is 1. The summed E-state index contributed by atoms with van der Waals surface area (Å²) in [6, 6.07) is 9.78. The average molecular weight is 534 g/mol. The van der Waals surface area contributed by atoms with E-state index in [1.807, 2.05) is 42.2 Å². The number of H-pyrrole nitrogens is 1. The molecule has 0 atom stereocenters. The van der Waals surface area contributed by atoms with Gasteiger partial charge in [0, 0.05) is 38.8 Å². The summed E-state index contributed by atoms with van der Waals surface area (Å²) in [5.74, 6) is 0.654. The summed E-state index contributed by atoms with van der Waals surface area (Å²) in [5.41, 5.74) is 4.28. The van der Waals surface area contributed by atoms with Crippen molar-refractivity contribution in [2.24, 2.45) is 0 Å². The van der Waals surface area contributed by atoms with E-state index in [9.17, 15) is 22.8 Å². The van der Waals surface area contributed by atoms with Gasteiger partial charge in [0.05, 0.1) is 19.4 Å². The van der Waals surface area contributed by atoms with E-state index in [2.05, 4.69) is 15.2 Å². The SMILES string of the molecule is CC(F)(F)F.Cc1ccc(NC(=O)N2CCCC2)cc1-c1cc(-c2c[nH]c(=O)o2)nc(N2CCOCC2)c1. The number of likely N-dealkylation sites (tertiary alicyclic amines) is 1. The quantitative estimate of drug-likeness (QED) is 0.487. The summed E-state index contributed by atoms with van der Waals surface area (Å²) in [4.78, 5) is 35.5. The molecule has 2 N–H and O–H groups in total. The van der Waals surface area contributed by atoms with E-state index in [0.717, 1.165) is 67.2 Å². The molecule has 0 spiro atoms. The number of urea groups is 1. The lowest BCUT2D eigenvalue weighted by atomic mass is 9.99. The zero-order chi connectivity index (χ0) is 27.3. The number of rotatable bonds is 4. The van der Waals surface area contributed by atoms with E-state index >= 15 is 0 Å². The highest BCUT2D eigenvalue weighted by atomic mass is 19.4. The molecule has 1 aromatic carbocycles. The maximum absolute atomic E-state index is 12.6. The first-order chi connectivity index (χ1) is 18.1. The third kappa shape index (κ3) is 7.37. The number of oxazole rings is 1. The molecule has 0 saturated carbocycles. The minimum Gasteiger partial charge on any atom is -0.406 e. The standard InChI is InChI=1S/C24H27N5O4.C2H3F3/c1-16-4-5-18(26-23(30)29-6-2-3-7-29)14-19(16)17-12-20(21-15-25-24(31)33-21)27-22(13-17)28-8-10-32-11-9-28;1-2(3,4)5/h4-5,12-15H,2-3,6-11H2,1H3,(H,25,31)(H,26,30);1H3. The van der Waals surface area contributed by atoms with Crippen LogP contribution in [-0.2, 0) is 4.74 Å². The minimum atomic E-state index is -4.00. The first kappa shape index (κ1) is 27.2. The number of pyridine rings is 1. The Hall–Kier alpha value is -3.80. The summed E-state index contributed by atoms with van der Waals surface area (Å²) in [6.45, 7) is 6.55. The number of benzene rings is 1. The summed E-state index contributed by atoms with van der Waals surface area (Å²) < 4.78 is 41.8. The Morgan fingerprint density at radius 2 is 1.76 bits per heavy atom. The number of ether oxygens (including phenoxy) is 1. The van der Waals surface area contributed by atoms with Crippen LogP contribution < -0.4 is 16.0 Å². The molecule has 2 fully saturated rings. The van der Waals surface area contributed by atoms with Crippen LogP contribution >= 0.6 is 0 Å². The number of aromatic nitrogens is 2. The number of nitrogens with zero attached hydrogens (tertiary/aromatic N) is 3. The van der Waals surface area contributed by atoms with E-state index in [0.29, 0.717) is 24.7 Å². The summed E-state index contributed by atoms with van der Waals surface area (Å²) in [5, 5.41) is 3.03. The number of aryl methyl sites for hydroxylation is 1. The number of alkyl halides is 3. The largest absolute Gasteiger partial charge is 0.416 e. The maximum Gasteiger partial charge on any atom is 0.416 e. The molecule has 0 bridgehead atoms. The molecule has 9 nitrogen and oxygen atoms in total. The Balaban J connectivity index is 0.000000617. The van der Waals surface area contributed by atoms with Crippen molar-refractivity contribution in [1.29, 1.82) is 0 Å². The van der Waals surface area contributed by atoms with Crippen LogP contribution in [0, 0.1) is 6.92 Å². The van der Waals surface area contributed by atoms with E-state index in [4.69, 9.17) is 14.1 Å². The van der Waals surface area contributed by atoms with Gasteiger partial charge in [-0.25, -0.2) is 14.6 Å². The first-order valence-electron chi connectivity index (χ1n) is 12.3. The molecule has 12 heteroatoms. The Morgan fingerprint density at radius 1 is 1.08 bits per heavy atom. The van der Waals surface area contributed by atoms with Crippen LogP contribution in [0.15, 0.2) is 45.7 Å². The number of hydrogen-bond donors (Lipinski definition) is 2. The molecular weight excluding hydrogens is 503 g/mol. The Bertz CT molecular complexity index is 1300. The van der Waals surface area contributed by atoms with E-state index in [-0.39, 0.29) is 13.0 Å². The van der Waals surface area contributed by atoms with Crippen LogP contribution in [0.25, 0.3) is 22.6 Å². The molecule has 2 aromatic heterocycles. The fourth-order valence-electron chi connectivity index (χ4n) is 4.30. The van der Waals surface area contributed by atoms with Gasteiger partial charge in [0.2, 0.25) is 0 Å². The summed E-state index contributed by atoms with van der Waals surface area (Å²) >= 11 is 0. The molecule has 3 aromatic rings. The molecular formula is C26H30F3N5O4. The number of halogens is 3. The number of nitrogens with one attached hydrogen (secondary N) is 2. The number of amides is 2. The highest BCUT2D eigenvalue weighted by molar-refractivity contribution is 5.91. The van der Waals surface area contributed by atoms with Gasteiger partial charge in [-0.1, -0.05) is 6.07 Å². The Labute approximate surface area is 217 Å². The van der Waals surface area contributed by atoms with Crippen molar-refractivity contribution in [1.82, 2.24) is 14.9 Å². The van der Waals surface area contributed by atoms with Gasteiger partial charge < -0.3 is 24.3 Å². The molecule has 38 heavy (non-hydrogen) atoms. The second-order valence-electron chi connectivity index (χ2n) is 9.18. The summed E-state index contributed by atoms with van der Waals surface area (Å²) in [6.07, 6.45) is -0.380. The van der Waals surface area contributed by atoms with Gasteiger partial charge in [-0.15, -0.1) is 0 Å². The predicted molar refractivity (Wildman–Crippen MR) is 137 cm³/mol. The van der Waals surface area contributed by atoms with Crippen LogP contribution in [0.1, 0.15) is 25.3 Å². The Kier molecular flexibility index (Phi) is 8.40. The molecule has 2 aliphatic rings. The zero-order valence-electron chi connectivity index (χ0n) is 21.2. The first-order valence-corrected chi connectivity index (χ1v) is 12.3. The lowest BCUT2D eigenvalue weighted by molar-refractivity contribution is -0.110. The number of carbonyl (C=O) groups excluding carboxylic acids is 1. The van der Waals surface area contributed by atoms with Crippen molar-refractivity contribution in [2.45, 2.75) is 32.9 Å². The van der Waals surface area contributed by atoms with Gasteiger partial charge in [0.15, 0.2) is 5.76 Å². The fraction of sp³-hybridized carbons (Fsp3) is 0.423. The number of anilines is 2. The lowest BCUT2D eigenvalue weighted by Gasteiger charge is -2.28. The smallest absolute Gasteiger partial charge is 0.406 e. The predicted octanol–water partition coefficient (Wildman–Crippen LogP) is 5.04. The van der Waals surface area contributed by atoms with Crippen LogP contribution in [-0.4, -0.2) is 66.5 Å². The summed E-state index contributed by atoms with van der Waals surface area (Å²) in [7, 11) is 0. The molecule has 2 amide bonds. The molecule has 204 valence electrons. The van der Waals surface area contributed by atoms with Crippen molar-refractivity contribution in [3.8, 4) is 22.6 Å². The number of aromatic amines is 1. The van der Waals surface area contributed by atoms with Gasteiger partial charge in [-0.3, -0.25) is 4.98 Å². The highest BCUT2D eigenvalue weighted by Crippen LogP contribution is 2.33. The molecule has 5 rings (SSSR count). The van der Waals surface area contributed by atoms with Gasteiger partial charge >= 0.3 is 18.0 Å². The lowest BCUT2D eigenvalue weighted by Crippen LogP contribution is -2.36. The monoisotopic (exact) mass is 533 g/mol. The maximum atomic E-state index is 12.6. The third-order valence-corrected chi connectivity index (χ3v) is 6.12. The van der Waals surface area contributed by atoms with Crippen LogP contribution in [0.4, 0.5) is 29.5 Å². The molecule has 2 aliphatic heterocycles. The fourth-order valence-corrected chi connectivity index (χ4v) is 4.30. The van der Waals surface area contributed by atoms with Crippen LogP contribution in [0.5, 0.6) is 0 Å². The van der Waals surface area contributed by atoms with Crippen LogP contribution in [0.3, 0.4) is 0 Å².